The predicted molar refractivity (Wildman–Crippen MR) is 56.6 cm³/mol. The summed E-state index contributed by atoms with van der Waals surface area (Å²) >= 11 is 0. The van der Waals surface area contributed by atoms with E-state index in [1.165, 1.54) is 0 Å². The second-order valence-electron chi connectivity index (χ2n) is 3.29. The van der Waals surface area contributed by atoms with Crippen LogP contribution in [0.2, 0.25) is 0 Å². The van der Waals surface area contributed by atoms with Crippen LogP contribution in [-0.4, -0.2) is 33.2 Å². The van der Waals surface area contributed by atoms with Crippen molar-refractivity contribution in [2.24, 2.45) is 0 Å². The van der Waals surface area contributed by atoms with Gasteiger partial charge in [0.1, 0.15) is 11.5 Å². The quantitative estimate of drug-likeness (QED) is 0.686. The maximum Gasteiger partial charge on any atom is 0.124 e. The molecule has 3 heteroatoms. The highest BCUT2D eigenvalue weighted by atomic mass is 16.5. The fraction of sp³-hybridized carbons (Fsp3) is 0.455. The van der Waals surface area contributed by atoms with Crippen LogP contribution in [0, 0.1) is 0 Å². The molecule has 0 aromatic rings. The average molecular weight is 195 g/mol. The predicted octanol–water partition coefficient (Wildman–Crippen LogP) is 1.90. The average Bonchev–Trinajstić information content (AvgIpc) is 2.39. The van der Waals surface area contributed by atoms with Gasteiger partial charge in [-0.1, -0.05) is 6.08 Å². The molecule has 0 bridgehead atoms. The lowest BCUT2D eigenvalue weighted by atomic mass is 10.3. The van der Waals surface area contributed by atoms with Gasteiger partial charge in [0.25, 0.3) is 0 Å². The minimum Gasteiger partial charge on any atom is -0.501 e. The first-order chi connectivity index (χ1) is 6.67. The van der Waals surface area contributed by atoms with Gasteiger partial charge >= 0.3 is 0 Å². The highest BCUT2D eigenvalue weighted by Gasteiger charge is 2.06. The summed E-state index contributed by atoms with van der Waals surface area (Å²) < 4.78 is 10.4. The molecule has 0 atom stereocenters. The molecule has 0 aromatic carbocycles. The first-order valence-electron chi connectivity index (χ1n) is 4.55. The molecule has 0 spiro atoms. The SMILES string of the molecule is COC1=CC(N(C)C)=CCC(OC)=C1. The number of hydrogen-bond acceptors (Lipinski definition) is 3. The van der Waals surface area contributed by atoms with E-state index < -0.39 is 0 Å². The Morgan fingerprint density at radius 3 is 2.36 bits per heavy atom. The minimum atomic E-state index is 0.799. The number of allylic oxidation sites excluding steroid dienone is 3. The molecule has 0 saturated heterocycles. The molecule has 0 N–H and O–H groups in total. The molecule has 0 aliphatic heterocycles. The first kappa shape index (κ1) is 10.7. The van der Waals surface area contributed by atoms with E-state index in [2.05, 4.69) is 6.08 Å². The Bertz CT molecular complexity index is 288. The Hall–Kier alpha value is -1.38. The zero-order valence-corrected chi connectivity index (χ0v) is 9.20. The molecule has 14 heavy (non-hydrogen) atoms. The second-order valence-corrected chi connectivity index (χ2v) is 3.29. The van der Waals surface area contributed by atoms with Crippen molar-refractivity contribution in [3.05, 3.63) is 35.4 Å². The van der Waals surface area contributed by atoms with E-state index in [1.54, 1.807) is 14.2 Å². The summed E-state index contributed by atoms with van der Waals surface area (Å²) in [4.78, 5) is 2.05. The third-order valence-electron chi connectivity index (χ3n) is 2.12. The van der Waals surface area contributed by atoms with Crippen molar-refractivity contribution in [1.29, 1.82) is 0 Å². The maximum atomic E-state index is 5.22. The number of nitrogens with zero attached hydrogens (tertiary/aromatic N) is 1. The molecule has 1 aliphatic carbocycles. The van der Waals surface area contributed by atoms with Gasteiger partial charge in [-0.15, -0.1) is 0 Å². The Balaban J connectivity index is 2.93. The molecule has 1 rings (SSSR count). The van der Waals surface area contributed by atoms with Crippen molar-refractivity contribution in [1.82, 2.24) is 4.90 Å². The second kappa shape index (κ2) is 4.74. The van der Waals surface area contributed by atoms with Gasteiger partial charge in [-0.3, -0.25) is 0 Å². The van der Waals surface area contributed by atoms with Crippen LogP contribution in [0.25, 0.3) is 0 Å². The van der Waals surface area contributed by atoms with E-state index in [0.29, 0.717) is 0 Å². The summed E-state index contributed by atoms with van der Waals surface area (Å²) in [5, 5.41) is 0. The van der Waals surface area contributed by atoms with Crippen LogP contribution in [0.5, 0.6) is 0 Å². The van der Waals surface area contributed by atoms with Crippen molar-refractivity contribution >= 4 is 0 Å². The molecule has 0 aromatic heterocycles. The van der Waals surface area contributed by atoms with Gasteiger partial charge in [0, 0.05) is 38.4 Å². The first-order valence-corrected chi connectivity index (χ1v) is 4.55. The van der Waals surface area contributed by atoms with Crippen LogP contribution in [-0.2, 0) is 9.47 Å². The van der Waals surface area contributed by atoms with Crippen LogP contribution in [0.4, 0.5) is 0 Å². The van der Waals surface area contributed by atoms with Crippen molar-refractivity contribution < 1.29 is 9.47 Å². The van der Waals surface area contributed by atoms with E-state index >= 15 is 0 Å². The summed E-state index contributed by atoms with van der Waals surface area (Å²) in [6, 6.07) is 0. The van der Waals surface area contributed by atoms with Gasteiger partial charge in [-0.25, -0.2) is 0 Å². The highest BCUT2D eigenvalue weighted by molar-refractivity contribution is 5.31. The lowest BCUT2D eigenvalue weighted by Gasteiger charge is -2.13. The molecular weight excluding hydrogens is 178 g/mol. The summed E-state index contributed by atoms with van der Waals surface area (Å²) in [5.41, 5.74) is 1.13. The number of likely N-dealkylation sites (N-methyl/N-ethyl adjacent to an activating group) is 1. The van der Waals surface area contributed by atoms with Gasteiger partial charge in [0.15, 0.2) is 0 Å². The third kappa shape index (κ3) is 2.55. The van der Waals surface area contributed by atoms with Crippen LogP contribution >= 0.6 is 0 Å². The van der Waals surface area contributed by atoms with E-state index in [-0.39, 0.29) is 0 Å². The van der Waals surface area contributed by atoms with Crippen molar-refractivity contribution in [3.8, 4) is 0 Å². The van der Waals surface area contributed by atoms with Gasteiger partial charge in [0.05, 0.1) is 14.2 Å². The summed E-state index contributed by atoms with van der Waals surface area (Å²) in [7, 11) is 7.35. The van der Waals surface area contributed by atoms with Gasteiger partial charge < -0.3 is 14.4 Å². The minimum absolute atomic E-state index is 0.799. The van der Waals surface area contributed by atoms with Crippen molar-refractivity contribution in [2.75, 3.05) is 28.3 Å². The number of hydrogen-bond donors (Lipinski definition) is 0. The zero-order valence-electron chi connectivity index (χ0n) is 9.20. The van der Waals surface area contributed by atoms with Crippen LogP contribution in [0.15, 0.2) is 35.4 Å². The van der Waals surface area contributed by atoms with Crippen LogP contribution in [0.3, 0.4) is 0 Å². The lowest BCUT2D eigenvalue weighted by Crippen LogP contribution is -2.09. The Kier molecular flexibility index (Phi) is 3.63. The molecule has 78 valence electrons. The molecule has 0 radical (unpaired) electrons. The highest BCUT2D eigenvalue weighted by Crippen LogP contribution is 2.18. The van der Waals surface area contributed by atoms with Gasteiger partial charge in [-0.05, 0) is 0 Å². The monoisotopic (exact) mass is 195 g/mol. The molecule has 0 saturated carbocycles. The third-order valence-corrected chi connectivity index (χ3v) is 2.12. The van der Waals surface area contributed by atoms with E-state index in [1.807, 2.05) is 31.1 Å². The van der Waals surface area contributed by atoms with Crippen molar-refractivity contribution in [2.45, 2.75) is 6.42 Å². The Labute approximate surface area is 85.3 Å². The largest absolute Gasteiger partial charge is 0.501 e. The lowest BCUT2D eigenvalue weighted by molar-refractivity contribution is 0.271. The summed E-state index contributed by atoms with van der Waals surface area (Å²) in [5.74, 6) is 1.73. The molecule has 0 amide bonds. The van der Waals surface area contributed by atoms with Crippen LogP contribution in [0.1, 0.15) is 6.42 Å². The summed E-state index contributed by atoms with van der Waals surface area (Å²) in [6.07, 6.45) is 6.81. The molecule has 0 heterocycles. The smallest absolute Gasteiger partial charge is 0.124 e. The topological polar surface area (TPSA) is 21.7 Å². The zero-order chi connectivity index (χ0) is 10.6. The molecule has 0 unspecified atom stereocenters. The Morgan fingerprint density at radius 1 is 1.14 bits per heavy atom. The van der Waals surface area contributed by atoms with Crippen molar-refractivity contribution in [3.63, 3.8) is 0 Å². The van der Waals surface area contributed by atoms with E-state index in [9.17, 15) is 0 Å². The van der Waals surface area contributed by atoms with Gasteiger partial charge in [0.2, 0.25) is 0 Å². The number of rotatable bonds is 3. The fourth-order valence-electron chi connectivity index (χ4n) is 1.24. The maximum absolute atomic E-state index is 5.22. The van der Waals surface area contributed by atoms with Crippen LogP contribution < -0.4 is 0 Å². The standard InChI is InChI=1S/C11H17NO2/c1-12(2)9-5-6-10(13-3)8-11(7-9)14-4/h5,7-8H,6H2,1-4H3. The fourth-order valence-corrected chi connectivity index (χ4v) is 1.24. The molecule has 3 nitrogen and oxygen atoms in total. The Morgan fingerprint density at radius 2 is 1.86 bits per heavy atom. The summed E-state index contributed by atoms with van der Waals surface area (Å²) in [6.45, 7) is 0. The molecular formula is C11H17NO2. The molecule has 1 aliphatic rings. The number of methoxy groups -OCH3 is 2. The van der Waals surface area contributed by atoms with E-state index in [0.717, 1.165) is 23.6 Å². The molecule has 0 fully saturated rings. The van der Waals surface area contributed by atoms with Gasteiger partial charge in [-0.2, -0.15) is 0 Å². The number of ether oxygens (including phenoxy) is 2. The van der Waals surface area contributed by atoms with E-state index in [4.69, 9.17) is 9.47 Å². The normalized spacial score (nSPS) is 16.1.